The van der Waals surface area contributed by atoms with Crippen LogP contribution in [-0.4, -0.2) is 9.97 Å². The number of hydrogen-bond acceptors (Lipinski definition) is 2. The number of aromatic nitrogens is 2. The molecule has 0 aliphatic heterocycles. The summed E-state index contributed by atoms with van der Waals surface area (Å²) in [6, 6.07) is 26.7. The molecule has 0 amide bonds. The molecule has 3 heteroatoms. The molecule has 2 unspecified atom stereocenters. The van der Waals surface area contributed by atoms with Crippen LogP contribution in [0.25, 0.3) is 12.2 Å². The fraction of sp³-hybridized carbons (Fsp3) is 0.278. The maximum absolute atomic E-state index is 5.05. The molecule has 2 aliphatic carbocycles. The molecule has 0 bridgehead atoms. The number of nitrogens with zero attached hydrogens (tertiary/aromatic N) is 2. The second-order valence-electron chi connectivity index (χ2n) is 12.9. The van der Waals surface area contributed by atoms with Gasteiger partial charge in [-0.2, -0.15) is 0 Å². The summed E-state index contributed by atoms with van der Waals surface area (Å²) >= 11 is -1.50. The van der Waals surface area contributed by atoms with Gasteiger partial charge < -0.3 is 0 Å². The van der Waals surface area contributed by atoms with Crippen molar-refractivity contribution < 1.29 is 23.2 Å². The molecule has 194 valence electrons. The van der Waals surface area contributed by atoms with Crippen molar-refractivity contribution in [2.75, 3.05) is 0 Å². The SMILES string of the molecule is CC(C)(C)c1cccc2c1C=C[C]2([Zr][C]1(c2ccccn2)C=Cc2c(C(C)(C)C)cccc21)c1ccccn1. The quantitative estimate of drug-likeness (QED) is 0.240. The first kappa shape index (κ1) is 26.3. The summed E-state index contributed by atoms with van der Waals surface area (Å²) in [5.41, 5.74) is 10.8. The van der Waals surface area contributed by atoms with E-state index in [4.69, 9.17) is 9.97 Å². The van der Waals surface area contributed by atoms with Crippen molar-refractivity contribution >= 4 is 12.2 Å². The van der Waals surface area contributed by atoms with E-state index in [1.165, 1.54) is 33.4 Å². The zero-order valence-electron chi connectivity index (χ0n) is 23.8. The number of fused-ring (bicyclic) bond motifs is 2. The van der Waals surface area contributed by atoms with Crippen LogP contribution >= 0.6 is 0 Å². The van der Waals surface area contributed by atoms with Crippen LogP contribution in [0.5, 0.6) is 0 Å². The van der Waals surface area contributed by atoms with Crippen molar-refractivity contribution in [3.63, 3.8) is 0 Å². The first-order valence-electron chi connectivity index (χ1n) is 13.9. The van der Waals surface area contributed by atoms with E-state index >= 15 is 0 Å². The van der Waals surface area contributed by atoms with Gasteiger partial charge in [-0.25, -0.2) is 0 Å². The zero-order chi connectivity index (χ0) is 27.5. The van der Waals surface area contributed by atoms with Crippen LogP contribution in [-0.2, 0) is 40.3 Å². The Balaban J connectivity index is 1.64. The molecule has 0 fully saturated rings. The van der Waals surface area contributed by atoms with Crippen molar-refractivity contribution in [3.05, 3.63) is 142 Å². The minimum atomic E-state index is -1.50. The summed E-state index contributed by atoms with van der Waals surface area (Å²) in [6.45, 7) is 13.9. The van der Waals surface area contributed by atoms with Crippen molar-refractivity contribution in [1.82, 2.24) is 9.97 Å². The van der Waals surface area contributed by atoms with E-state index in [0.717, 1.165) is 11.4 Å². The molecule has 6 rings (SSSR count). The number of benzene rings is 2. The van der Waals surface area contributed by atoms with Gasteiger partial charge in [0.15, 0.2) is 0 Å². The minimum absolute atomic E-state index is 0.0566. The summed E-state index contributed by atoms with van der Waals surface area (Å²) in [7, 11) is 0. The molecule has 2 aromatic heterocycles. The van der Waals surface area contributed by atoms with Gasteiger partial charge in [-0.15, -0.1) is 0 Å². The molecular formula is C36H36N2Zr. The van der Waals surface area contributed by atoms with Crippen molar-refractivity contribution in [2.24, 2.45) is 0 Å². The average Bonchev–Trinajstić information content (AvgIpc) is 3.49. The molecule has 2 nitrogen and oxygen atoms in total. The van der Waals surface area contributed by atoms with Crippen molar-refractivity contribution in [1.29, 1.82) is 0 Å². The molecule has 2 heterocycles. The fourth-order valence-electron chi connectivity index (χ4n) is 6.38. The van der Waals surface area contributed by atoms with Gasteiger partial charge in [0, 0.05) is 0 Å². The van der Waals surface area contributed by atoms with Crippen molar-refractivity contribution in [3.8, 4) is 0 Å². The molecular weight excluding hydrogens is 552 g/mol. The van der Waals surface area contributed by atoms with Gasteiger partial charge in [-0.1, -0.05) is 0 Å². The van der Waals surface area contributed by atoms with E-state index in [-0.39, 0.29) is 17.1 Å². The monoisotopic (exact) mass is 586 g/mol. The third-order valence-electron chi connectivity index (χ3n) is 8.21. The topological polar surface area (TPSA) is 25.8 Å². The Morgan fingerprint density at radius 3 is 1.33 bits per heavy atom. The van der Waals surface area contributed by atoms with E-state index in [0.29, 0.717) is 0 Å². The van der Waals surface area contributed by atoms with Gasteiger partial charge in [-0.3, -0.25) is 0 Å². The van der Waals surface area contributed by atoms with Gasteiger partial charge in [0.2, 0.25) is 0 Å². The summed E-state index contributed by atoms with van der Waals surface area (Å²) in [6.07, 6.45) is 13.7. The third-order valence-corrected chi connectivity index (χ3v) is 13.6. The number of rotatable bonds is 4. The van der Waals surface area contributed by atoms with E-state index in [2.05, 4.69) is 127 Å². The van der Waals surface area contributed by atoms with Gasteiger partial charge >= 0.3 is 246 Å². The zero-order valence-corrected chi connectivity index (χ0v) is 26.2. The van der Waals surface area contributed by atoms with Crippen molar-refractivity contribution in [2.45, 2.75) is 58.6 Å². The molecule has 2 aromatic carbocycles. The van der Waals surface area contributed by atoms with Gasteiger partial charge in [0.05, 0.1) is 0 Å². The fourth-order valence-corrected chi connectivity index (χ4v) is 11.8. The van der Waals surface area contributed by atoms with Crippen LogP contribution in [0, 0.1) is 0 Å². The molecule has 2 aliphatic rings. The number of hydrogen-bond donors (Lipinski definition) is 0. The normalized spacial score (nSPS) is 21.6. The Morgan fingerprint density at radius 2 is 0.974 bits per heavy atom. The molecule has 0 spiro atoms. The van der Waals surface area contributed by atoms with E-state index in [1.807, 2.05) is 24.5 Å². The molecule has 39 heavy (non-hydrogen) atoms. The number of pyridine rings is 2. The second kappa shape index (κ2) is 9.34. The van der Waals surface area contributed by atoms with Crippen LogP contribution in [0.4, 0.5) is 0 Å². The van der Waals surface area contributed by atoms with Crippen LogP contribution in [0.2, 0.25) is 0 Å². The molecule has 0 saturated heterocycles. The summed E-state index contributed by atoms with van der Waals surface area (Å²) in [4.78, 5) is 10.1. The summed E-state index contributed by atoms with van der Waals surface area (Å²) < 4.78 is -0.467. The van der Waals surface area contributed by atoms with Gasteiger partial charge in [0.1, 0.15) is 0 Å². The van der Waals surface area contributed by atoms with Gasteiger partial charge in [0.25, 0.3) is 0 Å². The van der Waals surface area contributed by atoms with Crippen LogP contribution in [0.15, 0.2) is 97.3 Å². The molecule has 0 N–H and O–H groups in total. The number of allylic oxidation sites excluding steroid dienone is 2. The Hall–Kier alpha value is -2.90. The molecule has 0 saturated carbocycles. The standard InChI is InChI=1S/2C18H18N.Zr/c2*1-18(2,3)16-8-6-7-13-14(16)10-11-15(13)17-9-4-5-12-19-17;/h2*4-12H,1-3H3;. The first-order chi connectivity index (χ1) is 18.6. The predicted molar refractivity (Wildman–Crippen MR) is 158 cm³/mol. The van der Waals surface area contributed by atoms with E-state index in [1.54, 1.807) is 0 Å². The predicted octanol–water partition coefficient (Wildman–Crippen LogP) is 8.40. The first-order valence-corrected chi connectivity index (χ1v) is 16.3. The van der Waals surface area contributed by atoms with E-state index < -0.39 is 23.2 Å². The molecule has 4 aromatic rings. The van der Waals surface area contributed by atoms with Crippen LogP contribution < -0.4 is 0 Å². The van der Waals surface area contributed by atoms with E-state index in [9.17, 15) is 0 Å². The Kier molecular flexibility index (Phi) is 6.31. The second-order valence-corrected chi connectivity index (χ2v) is 17.4. The van der Waals surface area contributed by atoms with Gasteiger partial charge in [-0.05, 0) is 0 Å². The van der Waals surface area contributed by atoms with Crippen LogP contribution in [0.3, 0.4) is 0 Å². The Labute approximate surface area is 244 Å². The maximum atomic E-state index is 5.05. The summed E-state index contributed by atoms with van der Waals surface area (Å²) in [5, 5.41) is 0. The third kappa shape index (κ3) is 4.25. The Morgan fingerprint density at radius 1 is 0.538 bits per heavy atom. The average molecular weight is 588 g/mol. The Bertz CT molecular complexity index is 1470. The summed E-state index contributed by atoms with van der Waals surface area (Å²) in [5.74, 6) is 0. The molecule has 2 atom stereocenters. The molecule has 0 radical (unpaired) electrons. The van der Waals surface area contributed by atoms with Crippen LogP contribution in [0.1, 0.15) is 86.3 Å².